The first kappa shape index (κ1) is 11.4. The van der Waals surface area contributed by atoms with Crippen LogP contribution < -0.4 is 5.32 Å². The highest BCUT2D eigenvalue weighted by atomic mass is 19.1. The van der Waals surface area contributed by atoms with Crippen LogP contribution in [0.2, 0.25) is 0 Å². The van der Waals surface area contributed by atoms with Gasteiger partial charge in [0.15, 0.2) is 5.78 Å². The Balaban J connectivity index is 3.04. The Morgan fingerprint density at radius 2 is 1.87 bits per heavy atom. The summed E-state index contributed by atoms with van der Waals surface area (Å²) in [6.45, 7) is 2.60. The van der Waals surface area contributed by atoms with Crippen LogP contribution in [0.4, 0.5) is 4.39 Å². The molecule has 0 aliphatic carbocycles. The van der Waals surface area contributed by atoms with E-state index < -0.39 is 11.9 Å². The minimum Gasteiger partial charge on any atom is -0.342 e. The zero-order chi connectivity index (χ0) is 11.4. The molecule has 0 spiro atoms. The lowest BCUT2D eigenvalue weighted by Gasteiger charge is -2.15. The lowest BCUT2D eigenvalue weighted by Crippen LogP contribution is -2.31. The Hall–Kier alpha value is -1.71. The average Bonchev–Trinajstić information content (AvgIpc) is 2.15. The van der Waals surface area contributed by atoms with Gasteiger partial charge in [-0.15, -0.1) is 0 Å². The maximum atomic E-state index is 13.3. The van der Waals surface area contributed by atoms with Gasteiger partial charge in [-0.2, -0.15) is 0 Å². The number of carbonyl (C=O) groups is 2. The van der Waals surface area contributed by atoms with Crippen molar-refractivity contribution in [3.8, 4) is 0 Å². The fraction of sp³-hybridized carbons (Fsp3) is 0.273. The van der Waals surface area contributed by atoms with E-state index in [1.807, 2.05) is 0 Å². The number of ketones is 1. The van der Waals surface area contributed by atoms with Crippen LogP contribution in [0.25, 0.3) is 0 Å². The number of hydrogen-bond donors (Lipinski definition) is 1. The van der Waals surface area contributed by atoms with Gasteiger partial charge in [0.05, 0.1) is 0 Å². The molecule has 1 aromatic rings. The molecular formula is C11H12FNO2. The van der Waals surface area contributed by atoms with E-state index in [9.17, 15) is 14.0 Å². The topological polar surface area (TPSA) is 46.2 Å². The third kappa shape index (κ3) is 2.87. The van der Waals surface area contributed by atoms with Crippen LogP contribution in [0, 0.1) is 5.82 Å². The summed E-state index contributed by atoms with van der Waals surface area (Å²) in [5, 5.41) is 2.41. The van der Waals surface area contributed by atoms with Crippen molar-refractivity contribution in [3.63, 3.8) is 0 Å². The molecule has 1 rings (SSSR count). The van der Waals surface area contributed by atoms with Gasteiger partial charge in [-0.05, 0) is 13.0 Å². The molecule has 0 heterocycles. The minimum atomic E-state index is -0.899. The fourth-order valence-corrected chi connectivity index (χ4v) is 1.31. The van der Waals surface area contributed by atoms with Crippen molar-refractivity contribution in [1.82, 2.24) is 5.32 Å². The highest BCUT2D eigenvalue weighted by Crippen LogP contribution is 2.17. The number of amides is 1. The summed E-state index contributed by atoms with van der Waals surface area (Å²) < 4.78 is 13.3. The van der Waals surface area contributed by atoms with Gasteiger partial charge < -0.3 is 5.32 Å². The highest BCUT2D eigenvalue weighted by Gasteiger charge is 2.20. The number of carbonyl (C=O) groups excluding carboxylic acids is 2. The predicted molar refractivity (Wildman–Crippen MR) is 53.6 cm³/mol. The molecular weight excluding hydrogens is 197 g/mol. The summed E-state index contributed by atoms with van der Waals surface area (Å²) in [6, 6.07) is 4.99. The SMILES string of the molecule is CC(=O)N[C@H](C(C)=O)c1ccccc1F. The summed E-state index contributed by atoms with van der Waals surface area (Å²) in [5.74, 6) is -1.15. The monoisotopic (exact) mass is 209 g/mol. The third-order valence-corrected chi connectivity index (χ3v) is 1.97. The molecule has 3 nitrogen and oxygen atoms in total. The van der Waals surface area contributed by atoms with Crippen LogP contribution in [0.5, 0.6) is 0 Å². The highest BCUT2D eigenvalue weighted by molar-refractivity contribution is 5.87. The van der Waals surface area contributed by atoms with E-state index in [4.69, 9.17) is 0 Å². The van der Waals surface area contributed by atoms with E-state index in [2.05, 4.69) is 5.32 Å². The van der Waals surface area contributed by atoms with Crippen LogP contribution in [0.1, 0.15) is 25.5 Å². The summed E-state index contributed by atoms with van der Waals surface area (Å²) in [5.41, 5.74) is 0.195. The fourth-order valence-electron chi connectivity index (χ4n) is 1.31. The lowest BCUT2D eigenvalue weighted by atomic mass is 10.0. The molecule has 1 atom stereocenters. The molecule has 15 heavy (non-hydrogen) atoms. The van der Waals surface area contributed by atoms with Crippen molar-refractivity contribution in [3.05, 3.63) is 35.6 Å². The van der Waals surface area contributed by atoms with Crippen LogP contribution in [-0.2, 0) is 9.59 Å². The van der Waals surface area contributed by atoms with Crippen molar-refractivity contribution in [1.29, 1.82) is 0 Å². The summed E-state index contributed by atoms with van der Waals surface area (Å²) in [4.78, 5) is 22.1. The molecule has 0 bridgehead atoms. The van der Waals surface area contributed by atoms with E-state index in [-0.39, 0.29) is 17.3 Å². The average molecular weight is 209 g/mol. The second-order valence-corrected chi connectivity index (χ2v) is 3.27. The molecule has 0 saturated carbocycles. The number of benzene rings is 1. The van der Waals surface area contributed by atoms with Crippen molar-refractivity contribution >= 4 is 11.7 Å². The van der Waals surface area contributed by atoms with Crippen molar-refractivity contribution < 1.29 is 14.0 Å². The number of hydrogen-bond acceptors (Lipinski definition) is 2. The van der Waals surface area contributed by atoms with E-state index in [0.29, 0.717) is 0 Å². The van der Waals surface area contributed by atoms with Gasteiger partial charge in [0.2, 0.25) is 5.91 Å². The smallest absolute Gasteiger partial charge is 0.217 e. The molecule has 0 aliphatic rings. The molecule has 1 aromatic carbocycles. The van der Waals surface area contributed by atoms with Crippen LogP contribution >= 0.6 is 0 Å². The summed E-state index contributed by atoms with van der Waals surface area (Å²) >= 11 is 0. The molecule has 0 fully saturated rings. The predicted octanol–water partition coefficient (Wildman–Crippen LogP) is 1.59. The first-order valence-corrected chi connectivity index (χ1v) is 4.54. The van der Waals surface area contributed by atoms with E-state index >= 15 is 0 Å². The van der Waals surface area contributed by atoms with Crippen molar-refractivity contribution in [2.24, 2.45) is 0 Å². The largest absolute Gasteiger partial charge is 0.342 e. The summed E-state index contributed by atoms with van der Waals surface area (Å²) in [6.07, 6.45) is 0. The molecule has 80 valence electrons. The third-order valence-electron chi connectivity index (χ3n) is 1.97. The standard InChI is InChI=1S/C11H12FNO2/c1-7(14)11(13-8(2)15)9-5-3-4-6-10(9)12/h3-6,11H,1-2H3,(H,13,15)/t11-/m1/s1. The van der Waals surface area contributed by atoms with Gasteiger partial charge in [0.25, 0.3) is 0 Å². The number of Topliss-reactive ketones (excluding diaryl/α,β-unsaturated/α-hetero) is 1. The molecule has 4 heteroatoms. The summed E-state index contributed by atoms with van der Waals surface area (Å²) in [7, 11) is 0. The zero-order valence-electron chi connectivity index (χ0n) is 8.58. The second-order valence-electron chi connectivity index (χ2n) is 3.27. The molecule has 0 unspecified atom stereocenters. The molecule has 1 amide bonds. The maximum Gasteiger partial charge on any atom is 0.217 e. The Kier molecular flexibility index (Phi) is 3.55. The molecule has 1 N–H and O–H groups in total. The van der Waals surface area contributed by atoms with Gasteiger partial charge in [0.1, 0.15) is 11.9 Å². The number of halogens is 1. The Labute approximate surface area is 87.3 Å². The number of nitrogens with one attached hydrogen (secondary N) is 1. The van der Waals surface area contributed by atoms with Crippen molar-refractivity contribution in [2.75, 3.05) is 0 Å². The van der Waals surface area contributed by atoms with Gasteiger partial charge in [-0.25, -0.2) is 4.39 Å². The quantitative estimate of drug-likeness (QED) is 0.821. The van der Waals surface area contributed by atoms with Gasteiger partial charge >= 0.3 is 0 Å². The lowest BCUT2D eigenvalue weighted by molar-refractivity contribution is -0.125. The molecule has 0 radical (unpaired) electrons. The van der Waals surface area contributed by atoms with Gasteiger partial charge in [-0.1, -0.05) is 18.2 Å². The minimum absolute atomic E-state index is 0.195. The molecule has 0 aliphatic heterocycles. The van der Waals surface area contributed by atoms with Crippen molar-refractivity contribution in [2.45, 2.75) is 19.9 Å². The van der Waals surface area contributed by atoms with Gasteiger partial charge in [0, 0.05) is 12.5 Å². The zero-order valence-corrected chi connectivity index (χ0v) is 8.58. The van der Waals surface area contributed by atoms with Crippen LogP contribution in [-0.4, -0.2) is 11.7 Å². The van der Waals surface area contributed by atoms with Crippen LogP contribution in [0.3, 0.4) is 0 Å². The maximum absolute atomic E-state index is 13.3. The molecule has 0 aromatic heterocycles. The molecule has 0 saturated heterocycles. The second kappa shape index (κ2) is 4.68. The van der Waals surface area contributed by atoms with E-state index in [1.165, 1.54) is 32.0 Å². The van der Waals surface area contributed by atoms with E-state index in [1.54, 1.807) is 6.07 Å². The normalized spacial score (nSPS) is 11.9. The first-order valence-electron chi connectivity index (χ1n) is 4.54. The Morgan fingerprint density at radius 1 is 1.27 bits per heavy atom. The van der Waals surface area contributed by atoms with Crippen LogP contribution in [0.15, 0.2) is 24.3 Å². The van der Waals surface area contributed by atoms with E-state index in [0.717, 1.165) is 0 Å². The first-order chi connectivity index (χ1) is 7.02. The van der Waals surface area contributed by atoms with Gasteiger partial charge in [-0.3, -0.25) is 9.59 Å². The Morgan fingerprint density at radius 3 is 2.33 bits per heavy atom. The number of rotatable bonds is 3. The Bertz CT molecular complexity index is 390.